The van der Waals surface area contributed by atoms with Crippen LogP contribution in [-0.2, 0) is 24.2 Å². The normalized spacial score (nSPS) is 13.9. The van der Waals surface area contributed by atoms with Gasteiger partial charge in [-0.1, -0.05) is 48.5 Å². The molecule has 0 saturated heterocycles. The number of rotatable bonds is 7. The van der Waals surface area contributed by atoms with E-state index in [1.807, 2.05) is 54.6 Å². The zero-order chi connectivity index (χ0) is 23.5. The molecule has 0 fully saturated rings. The molecular weight excluding hydrogens is 446 g/mol. The third-order valence-corrected chi connectivity index (χ3v) is 7.61. The Kier molecular flexibility index (Phi) is 6.45. The number of amides is 1. The molecule has 6 nitrogen and oxygen atoms in total. The maximum absolute atomic E-state index is 13.2. The highest BCUT2D eigenvalue weighted by Crippen LogP contribution is 2.33. The van der Waals surface area contributed by atoms with E-state index in [2.05, 4.69) is 10.3 Å². The minimum absolute atomic E-state index is 0.0402. The van der Waals surface area contributed by atoms with Gasteiger partial charge in [-0.3, -0.25) is 14.2 Å². The van der Waals surface area contributed by atoms with Gasteiger partial charge in [0.2, 0.25) is 5.91 Å². The first-order valence-corrected chi connectivity index (χ1v) is 12.4. The third-order valence-electron chi connectivity index (χ3n) is 6.41. The molecule has 2 aromatic heterocycles. The summed E-state index contributed by atoms with van der Waals surface area (Å²) in [7, 11) is 1.63. The van der Waals surface area contributed by atoms with Gasteiger partial charge in [0.25, 0.3) is 5.56 Å². The Morgan fingerprint density at radius 2 is 1.88 bits per heavy atom. The first-order chi connectivity index (χ1) is 16.7. The van der Waals surface area contributed by atoms with Crippen molar-refractivity contribution in [2.75, 3.05) is 7.11 Å². The summed E-state index contributed by atoms with van der Waals surface area (Å²) in [6.45, 7) is 0.283. The number of fused-ring (bicyclic) bond motifs is 3. The number of nitrogens with one attached hydrogen (secondary N) is 1. The summed E-state index contributed by atoms with van der Waals surface area (Å²) in [5.74, 6) is 0.573. The van der Waals surface area contributed by atoms with E-state index >= 15 is 0 Å². The molecule has 4 aromatic rings. The molecule has 0 bridgehead atoms. The summed E-state index contributed by atoms with van der Waals surface area (Å²) in [6, 6.07) is 17.1. The quantitative estimate of drug-likeness (QED) is 0.424. The molecule has 34 heavy (non-hydrogen) atoms. The number of aryl methyl sites for hydroxylation is 3. The van der Waals surface area contributed by atoms with Crippen LogP contribution < -0.4 is 15.6 Å². The van der Waals surface area contributed by atoms with Gasteiger partial charge < -0.3 is 10.1 Å². The van der Waals surface area contributed by atoms with Gasteiger partial charge in [0.15, 0.2) is 0 Å². The summed E-state index contributed by atoms with van der Waals surface area (Å²) < 4.78 is 7.12. The maximum atomic E-state index is 13.2. The highest BCUT2D eigenvalue weighted by molar-refractivity contribution is 7.18. The number of benzene rings is 2. The van der Waals surface area contributed by atoms with Crippen molar-refractivity contribution < 1.29 is 9.53 Å². The van der Waals surface area contributed by atoms with Crippen LogP contribution in [0.4, 0.5) is 0 Å². The molecule has 0 radical (unpaired) electrons. The maximum Gasteiger partial charge on any atom is 0.262 e. The first-order valence-electron chi connectivity index (χ1n) is 11.6. The van der Waals surface area contributed by atoms with Crippen molar-refractivity contribution in [3.63, 3.8) is 0 Å². The minimum Gasteiger partial charge on any atom is -0.496 e. The number of hydrogen-bond acceptors (Lipinski definition) is 5. The van der Waals surface area contributed by atoms with Crippen LogP contribution in [0.25, 0.3) is 10.2 Å². The number of para-hydroxylation sites is 1. The predicted molar refractivity (Wildman–Crippen MR) is 135 cm³/mol. The zero-order valence-electron chi connectivity index (χ0n) is 19.1. The average Bonchev–Trinajstić information content (AvgIpc) is 3.27. The molecule has 1 amide bonds. The van der Waals surface area contributed by atoms with Crippen LogP contribution in [0.3, 0.4) is 0 Å². The van der Waals surface area contributed by atoms with Crippen LogP contribution in [0.15, 0.2) is 65.7 Å². The van der Waals surface area contributed by atoms with Crippen molar-refractivity contribution in [1.29, 1.82) is 0 Å². The highest BCUT2D eigenvalue weighted by Gasteiger charge is 2.22. The Labute approximate surface area is 202 Å². The number of carbonyl (C=O) groups is 1. The molecule has 1 aliphatic rings. The SMILES string of the molecule is COc1ccccc1C(NC(=O)CCn1cnc2sc3c(c2c1=O)CCCC3)c1ccccc1. The molecule has 1 aliphatic carbocycles. The van der Waals surface area contributed by atoms with E-state index in [0.717, 1.165) is 40.6 Å². The van der Waals surface area contributed by atoms with Gasteiger partial charge in [0.05, 0.1) is 24.9 Å². The molecule has 2 aromatic carbocycles. The Hall–Kier alpha value is -3.45. The molecule has 1 atom stereocenters. The van der Waals surface area contributed by atoms with E-state index in [4.69, 9.17) is 4.74 Å². The second kappa shape index (κ2) is 9.81. The summed E-state index contributed by atoms with van der Waals surface area (Å²) in [5.41, 5.74) is 2.98. The van der Waals surface area contributed by atoms with Crippen LogP contribution in [0.5, 0.6) is 5.75 Å². The fraction of sp³-hybridized carbons (Fsp3) is 0.296. The molecule has 2 heterocycles. The second-order valence-corrected chi connectivity index (χ2v) is 9.62. The zero-order valence-corrected chi connectivity index (χ0v) is 19.9. The van der Waals surface area contributed by atoms with Crippen molar-refractivity contribution in [3.8, 4) is 5.75 Å². The van der Waals surface area contributed by atoms with Crippen molar-refractivity contribution in [3.05, 3.63) is 92.8 Å². The van der Waals surface area contributed by atoms with Crippen molar-refractivity contribution >= 4 is 27.5 Å². The molecule has 0 aliphatic heterocycles. The van der Waals surface area contributed by atoms with Crippen LogP contribution >= 0.6 is 11.3 Å². The minimum atomic E-state index is -0.355. The molecule has 1 unspecified atom stereocenters. The lowest BCUT2D eigenvalue weighted by atomic mass is 9.97. The van der Waals surface area contributed by atoms with Crippen molar-refractivity contribution in [2.45, 2.75) is 44.7 Å². The van der Waals surface area contributed by atoms with Crippen LogP contribution in [-0.4, -0.2) is 22.6 Å². The van der Waals surface area contributed by atoms with Crippen LogP contribution in [0.2, 0.25) is 0 Å². The lowest BCUT2D eigenvalue weighted by molar-refractivity contribution is -0.121. The predicted octanol–water partition coefficient (Wildman–Crippen LogP) is 4.64. The standard InChI is InChI=1S/C27H27N3O3S/c1-33-21-13-7-5-11-19(21)25(18-9-3-2-4-10-18)29-23(31)15-16-30-17-28-26-24(27(30)32)20-12-6-8-14-22(20)34-26/h2-5,7,9-11,13,17,25H,6,8,12,14-16H2,1H3,(H,29,31). The summed E-state index contributed by atoms with van der Waals surface area (Å²) in [5, 5.41) is 3.89. The smallest absolute Gasteiger partial charge is 0.262 e. The highest BCUT2D eigenvalue weighted by atomic mass is 32.1. The fourth-order valence-corrected chi connectivity index (χ4v) is 5.91. The van der Waals surface area contributed by atoms with E-state index in [-0.39, 0.29) is 30.5 Å². The van der Waals surface area contributed by atoms with E-state index in [1.54, 1.807) is 29.3 Å². The topological polar surface area (TPSA) is 73.2 Å². The van der Waals surface area contributed by atoms with Gasteiger partial charge in [-0.25, -0.2) is 4.98 Å². The number of thiophene rings is 1. The molecule has 174 valence electrons. The van der Waals surface area contributed by atoms with Gasteiger partial charge in [0.1, 0.15) is 10.6 Å². The van der Waals surface area contributed by atoms with E-state index in [0.29, 0.717) is 5.75 Å². The van der Waals surface area contributed by atoms with Gasteiger partial charge in [-0.05, 0) is 42.9 Å². The van der Waals surface area contributed by atoms with Gasteiger partial charge in [0, 0.05) is 23.4 Å². The number of methoxy groups -OCH3 is 1. The third kappa shape index (κ3) is 4.35. The van der Waals surface area contributed by atoms with Crippen LogP contribution in [0.1, 0.15) is 46.9 Å². The van der Waals surface area contributed by atoms with E-state index in [9.17, 15) is 9.59 Å². The molecule has 7 heteroatoms. The largest absolute Gasteiger partial charge is 0.496 e. The molecule has 0 saturated carbocycles. The van der Waals surface area contributed by atoms with Crippen molar-refractivity contribution in [2.24, 2.45) is 0 Å². The Balaban J connectivity index is 1.37. The molecule has 1 N–H and O–H groups in total. The summed E-state index contributed by atoms with van der Waals surface area (Å²) in [4.78, 5) is 32.9. The van der Waals surface area contributed by atoms with E-state index < -0.39 is 0 Å². The molecular formula is C27H27N3O3S. The number of nitrogens with zero attached hydrogens (tertiary/aromatic N) is 2. The summed E-state index contributed by atoms with van der Waals surface area (Å²) in [6.07, 6.45) is 6.01. The lowest BCUT2D eigenvalue weighted by Gasteiger charge is -2.22. The Morgan fingerprint density at radius 3 is 2.71 bits per heavy atom. The Bertz CT molecular complexity index is 1380. The first kappa shape index (κ1) is 22.3. The van der Waals surface area contributed by atoms with Crippen molar-refractivity contribution in [1.82, 2.24) is 14.9 Å². The second-order valence-electron chi connectivity index (χ2n) is 8.54. The van der Waals surface area contributed by atoms with Gasteiger partial charge in [-0.2, -0.15) is 0 Å². The molecule has 5 rings (SSSR count). The van der Waals surface area contributed by atoms with Gasteiger partial charge in [-0.15, -0.1) is 11.3 Å². The lowest BCUT2D eigenvalue weighted by Crippen LogP contribution is -2.31. The molecule has 0 spiro atoms. The number of ether oxygens (including phenoxy) is 1. The monoisotopic (exact) mass is 473 g/mol. The Morgan fingerprint density at radius 1 is 1.12 bits per heavy atom. The number of carbonyl (C=O) groups excluding carboxylic acids is 1. The summed E-state index contributed by atoms with van der Waals surface area (Å²) >= 11 is 1.64. The fourth-order valence-electron chi connectivity index (χ4n) is 4.69. The van der Waals surface area contributed by atoms with Crippen LogP contribution in [0, 0.1) is 0 Å². The number of aromatic nitrogens is 2. The number of hydrogen-bond donors (Lipinski definition) is 1. The van der Waals surface area contributed by atoms with E-state index in [1.165, 1.54) is 16.9 Å². The van der Waals surface area contributed by atoms with Gasteiger partial charge >= 0.3 is 0 Å². The average molecular weight is 474 g/mol.